The molecule has 1 unspecified atom stereocenters. The second-order valence-electron chi connectivity index (χ2n) is 7.83. The largest absolute Gasteiger partial charge is 0.416 e. The van der Waals surface area contributed by atoms with Gasteiger partial charge in [-0.15, -0.1) is 0 Å². The van der Waals surface area contributed by atoms with E-state index in [2.05, 4.69) is 20.1 Å². The first-order valence-corrected chi connectivity index (χ1v) is 10.4. The van der Waals surface area contributed by atoms with Gasteiger partial charge in [0.25, 0.3) is 0 Å². The number of rotatable bonds is 4. The zero-order valence-corrected chi connectivity index (χ0v) is 17.6. The summed E-state index contributed by atoms with van der Waals surface area (Å²) in [6.45, 7) is 7.12. The summed E-state index contributed by atoms with van der Waals surface area (Å²) < 4.78 is 38.1. The Morgan fingerprint density at radius 1 is 1.03 bits per heavy atom. The van der Waals surface area contributed by atoms with E-state index in [1.807, 2.05) is 11.8 Å². The van der Waals surface area contributed by atoms with Crippen molar-refractivity contribution < 1.29 is 18.0 Å². The predicted octanol–water partition coefficient (Wildman–Crippen LogP) is 2.41. The molecular formula is C21H30F3N5O. The van der Waals surface area contributed by atoms with Crippen LogP contribution in [0.1, 0.15) is 30.9 Å². The summed E-state index contributed by atoms with van der Waals surface area (Å²) in [6, 6.07) is 5.03. The molecule has 0 bridgehead atoms. The molecule has 2 aliphatic rings. The molecular weight excluding hydrogens is 395 g/mol. The van der Waals surface area contributed by atoms with Crippen LogP contribution in [0.2, 0.25) is 0 Å². The number of carbonyl (C=O) groups is 1. The van der Waals surface area contributed by atoms with Crippen LogP contribution in [-0.2, 0) is 17.5 Å². The molecule has 1 aromatic rings. The zero-order chi connectivity index (χ0) is 21.7. The van der Waals surface area contributed by atoms with E-state index in [0.717, 1.165) is 69.8 Å². The number of piperazine rings is 1. The van der Waals surface area contributed by atoms with Gasteiger partial charge in [0.2, 0.25) is 5.91 Å². The third-order valence-electron chi connectivity index (χ3n) is 5.88. The van der Waals surface area contributed by atoms with Crippen LogP contribution in [-0.4, -0.2) is 78.9 Å². The molecule has 1 N–H and O–H groups in total. The van der Waals surface area contributed by atoms with Crippen LogP contribution in [0, 0.1) is 0 Å². The molecule has 30 heavy (non-hydrogen) atoms. The number of amides is 1. The van der Waals surface area contributed by atoms with Crippen LogP contribution in [0.15, 0.2) is 29.3 Å². The first-order valence-electron chi connectivity index (χ1n) is 10.4. The molecule has 0 radical (unpaired) electrons. The molecule has 2 heterocycles. The van der Waals surface area contributed by atoms with Crippen molar-refractivity contribution in [2.75, 3.05) is 46.3 Å². The number of aliphatic imine (C=N–C) groups is 1. The van der Waals surface area contributed by atoms with Gasteiger partial charge in [-0.2, -0.15) is 13.2 Å². The van der Waals surface area contributed by atoms with Crippen molar-refractivity contribution in [3.05, 3.63) is 35.4 Å². The molecule has 2 fully saturated rings. The van der Waals surface area contributed by atoms with Crippen LogP contribution in [0.25, 0.3) is 0 Å². The zero-order valence-electron chi connectivity index (χ0n) is 17.6. The topological polar surface area (TPSA) is 51.2 Å². The number of nitrogens with one attached hydrogen (secondary N) is 1. The van der Waals surface area contributed by atoms with E-state index in [-0.39, 0.29) is 11.9 Å². The monoisotopic (exact) mass is 425 g/mol. The van der Waals surface area contributed by atoms with Crippen LogP contribution < -0.4 is 5.32 Å². The Labute approximate surface area is 175 Å². The number of alkyl halides is 3. The number of hydrogen-bond acceptors (Lipinski definition) is 3. The summed E-state index contributed by atoms with van der Waals surface area (Å²) in [4.78, 5) is 23.2. The SMILES string of the molecule is CN=C(NCc1ccc(C(F)(F)F)cc1)N1CCN(C(C)C(=O)N2CCCC2)CC1. The van der Waals surface area contributed by atoms with Gasteiger partial charge < -0.3 is 15.1 Å². The van der Waals surface area contributed by atoms with Crippen molar-refractivity contribution in [1.29, 1.82) is 0 Å². The van der Waals surface area contributed by atoms with Gasteiger partial charge in [-0.25, -0.2) is 0 Å². The molecule has 3 rings (SSSR count). The number of likely N-dealkylation sites (tertiary alicyclic amines) is 1. The molecule has 1 amide bonds. The quantitative estimate of drug-likeness (QED) is 0.595. The molecule has 1 atom stereocenters. The molecule has 2 aliphatic heterocycles. The molecule has 0 aromatic heterocycles. The smallest absolute Gasteiger partial charge is 0.352 e. The van der Waals surface area contributed by atoms with Gasteiger partial charge in [-0.1, -0.05) is 12.1 Å². The molecule has 0 aliphatic carbocycles. The highest BCUT2D eigenvalue weighted by atomic mass is 19.4. The fourth-order valence-corrected chi connectivity index (χ4v) is 4.00. The minimum absolute atomic E-state index is 0.118. The van der Waals surface area contributed by atoms with E-state index < -0.39 is 11.7 Å². The van der Waals surface area contributed by atoms with Crippen LogP contribution in [0.5, 0.6) is 0 Å². The Bertz CT molecular complexity index is 736. The van der Waals surface area contributed by atoms with Crippen molar-refractivity contribution in [3.63, 3.8) is 0 Å². The minimum Gasteiger partial charge on any atom is -0.352 e. The maximum Gasteiger partial charge on any atom is 0.416 e. The lowest BCUT2D eigenvalue weighted by atomic mass is 10.1. The van der Waals surface area contributed by atoms with Gasteiger partial charge in [0.15, 0.2) is 5.96 Å². The summed E-state index contributed by atoms with van der Waals surface area (Å²) in [5, 5.41) is 3.23. The Morgan fingerprint density at radius 3 is 2.17 bits per heavy atom. The van der Waals surface area contributed by atoms with Gasteiger partial charge in [-0.3, -0.25) is 14.7 Å². The predicted molar refractivity (Wildman–Crippen MR) is 110 cm³/mol. The fraction of sp³-hybridized carbons (Fsp3) is 0.619. The Morgan fingerprint density at radius 2 is 1.63 bits per heavy atom. The van der Waals surface area contributed by atoms with Crippen molar-refractivity contribution in [1.82, 2.24) is 20.0 Å². The van der Waals surface area contributed by atoms with E-state index in [9.17, 15) is 18.0 Å². The number of nitrogens with zero attached hydrogens (tertiary/aromatic N) is 4. The van der Waals surface area contributed by atoms with Crippen molar-refractivity contribution in [2.24, 2.45) is 4.99 Å². The summed E-state index contributed by atoms with van der Waals surface area (Å²) in [6.07, 6.45) is -2.14. The van der Waals surface area contributed by atoms with E-state index in [1.165, 1.54) is 12.1 Å². The average molecular weight is 425 g/mol. The second kappa shape index (κ2) is 9.68. The van der Waals surface area contributed by atoms with E-state index in [4.69, 9.17) is 0 Å². The van der Waals surface area contributed by atoms with Gasteiger partial charge in [0.1, 0.15) is 0 Å². The van der Waals surface area contributed by atoms with E-state index in [1.54, 1.807) is 7.05 Å². The number of benzene rings is 1. The lowest BCUT2D eigenvalue weighted by Crippen LogP contribution is -2.57. The number of carbonyl (C=O) groups excluding carboxylic acids is 1. The second-order valence-corrected chi connectivity index (χ2v) is 7.83. The van der Waals surface area contributed by atoms with E-state index >= 15 is 0 Å². The van der Waals surface area contributed by atoms with Gasteiger partial charge in [0, 0.05) is 52.9 Å². The molecule has 1 aromatic carbocycles. The van der Waals surface area contributed by atoms with Gasteiger partial charge >= 0.3 is 6.18 Å². The highest BCUT2D eigenvalue weighted by Gasteiger charge is 2.31. The van der Waals surface area contributed by atoms with Crippen molar-refractivity contribution in [3.8, 4) is 0 Å². The highest BCUT2D eigenvalue weighted by molar-refractivity contribution is 5.82. The minimum atomic E-state index is -4.32. The molecule has 0 spiro atoms. The third-order valence-corrected chi connectivity index (χ3v) is 5.88. The van der Waals surface area contributed by atoms with Crippen LogP contribution >= 0.6 is 0 Å². The first kappa shape index (κ1) is 22.4. The highest BCUT2D eigenvalue weighted by Crippen LogP contribution is 2.29. The normalized spacial score (nSPS) is 19.8. The molecule has 166 valence electrons. The van der Waals surface area contributed by atoms with Crippen molar-refractivity contribution >= 4 is 11.9 Å². The summed E-state index contributed by atoms with van der Waals surface area (Å²) in [7, 11) is 1.70. The molecule has 2 saturated heterocycles. The number of halogens is 3. The standard InChI is InChI=1S/C21H30F3N5O/c1-16(19(30)28-9-3-4-10-28)27-11-13-29(14-12-27)20(25-2)26-15-17-5-7-18(8-6-17)21(22,23)24/h5-8,16H,3-4,9-15H2,1-2H3,(H,25,26). The lowest BCUT2D eigenvalue weighted by molar-refractivity contribution is -0.137. The first-order chi connectivity index (χ1) is 14.3. The summed E-state index contributed by atoms with van der Waals surface area (Å²) >= 11 is 0. The maximum atomic E-state index is 12.7. The van der Waals surface area contributed by atoms with Gasteiger partial charge in [0.05, 0.1) is 11.6 Å². The number of hydrogen-bond donors (Lipinski definition) is 1. The molecule has 9 heteroatoms. The van der Waals surface area contributed by atoms with Gasteiger partial charge in [-0.05, 0) is 37.5 Å². The Hall–Kier alpha value is -2.29. The molecule has 0 saturated carbocycles. The fourth-order valence-electron chi connectivity index (χ4n) is 4.00. The average Bonchev–Trinajstić information content (AvgIpc) is 3.28. The lowest BCUT2D eigenvalue weighted by Gasteiger charge is -2.39. The van der Waals surface area contributed by atoms with Crippen LogP contribution in [0.4, 0.5) is 13.2 Å². The summed E-state index contributed by atoms with van der Waals surface area (Å²) in [5.41, 5.74) is 0.108. The number of guanidine groups is 1. The Balaban J connectivity index is 1.48. The summed E-state index contributed by atoms with van der Waals surface area (Å²) in [5.74, 6) is 0.929. The Kier molecular flexibility index (Phi) is 7.23. The maximum absolute atomic E-state index is 12.7. The van der Waals surface area contributed by atoms with Crippen LogP contribution in [0.3, 0.4) is 0 Å². The molecule has 6 nitrogen and oxygen atoms in total. The third kappa shape index (κ3) is 5.44. The van der Waals surface area contributed by atoms with Crippen molar-refractivity contribution in [2.45, 2.75) is 38.5 Å². The van der Waals surface area contributed by atoms with E-state index in [0.29, 0.717) is 12.5 Å².